The number of anilines is 6. The second-order valence-corrected chi connectivity index (χ2v) is 18.3. The molecule has 4 heterocycles. The van der Waals surface area contributed by atoms with Gasteiger partial charge in [0, 0.05) is 95.8 Å². The fourth-order valence-corrected chi connectivity index (χ4v) is 10.9. The van der Waals surface area contributed by atoms with Crippen molar-refractivity contribution in [2.45, 2.75) is 0 Å². The minimum absolute atomic E-state index is 0.893. The van der Waals surface area contributed by atoms with Gasteiger partial charge in [-0.25, -0.2) is 0 Å². The summed E-state index contributed by atoms with van der Waals surface area (Å²) in [6.45, 7) is 0. The third kappa shape index (κ3) is 6.88. The normalized spacial score (nSPS) is 11.6. The van der Waals surface area contributed by atoms with Crippen molar-refractivity contribution in [1.82, 2.24) is 19.1 Å². The molecule has 4 aromatic heterocycles. The number of pyridine rings is 2. The van der Waals surface area contributed by atoms with E-state index < -0.39 is 0 Å². The third-order valence-electron chi connectivity index (χ3n) is 14.1. The van der Waals surface area contributed by atoms with Gasteiger partial charge in [0.25, 0.3) is 0 Å². The zero-order valence-electron chi connectivity index (χ0n) is 39.1. The second kappa shape index (κ2) is 17.0. The lowest BCUT2D eigenvalue weighted by Gasteiger charge is -2.25. The molecular weight excluding hydrogens is 877 g/mol. The number of fused-ring (bicyclic) bond motifs is 9. The molecule has 0 radical (unpaired) electrons. The topological polar surface area (TPSA) is 42.1 Å². The van der Waals surface area contributed by atoms with Gasteiger partial charge in [-0.15, -0.1) is 0 Å². The molecule has 0 fully saturated rings. The van der Waals surface area contributed by atoms with E-state index in [0.717, 1.165) is 100 Å². The highest BCUT2D eigenvalue weighted by atomic mass is 15.1. The van der Waals surface area contributed by atoms with Gasteiger partial charge in [0.2, 0.25) is 0 Å². The van der Waals surface area contributed by atoms with E-state index >= 15 is 0 Å². The molecular formula is C66H44N6. The van der Waals surface area contributed by atoms with E-state index in [1.165, 1.54) is 21.5 Å². The van der Waals surface area contributed by atoms with E-state index in [0.29, 0.717) is 0 Å². The van der Waals surface area contributed by atoms with Gasteiger partial charge in [-0.3, -0.25) is 9.97 Å². The first-order chi connectivity index (χ1) is 35.7. The summed E-state index contributed by atoms with van der Waals surface area (Å²) in [6.07, 6.45) is 3.86. The summed E-state index contributed by atoms with van der Waals surface area (Å²) in [5, 5.41) is 6.82. The van der Waals surface area contributed by atoms with Crippen LogP contribution in [0.5, 0.6) is 0 Å². The van der Waals surface area contributed by atoms with Gasteiger partial charge >= 0.3 is 0 Å². The van der Waals surface area contributed by atoms with Gasteiger partial charge in [0.15, 0.2) is 0 Å². The van der Waals surface area contributed by atoms with Crippen molar-refractivity contribution in [2.75, 3.05) is 9.80 Å². The zero-order chi connectivity index (χ0) is 47.5. The Morgan fingerprint density at radius 3 is 1.21 bits per heavy atom. The molecule has 6 nitrogen and oxygen atoms in total. The van der Waals surface area contributed by atoms with Crippen molar-refractivity contribution < 1.29 is 0 Å². The van der Waals surface area contributed by atoms with Crippen LogP contribution in [0.3, 0.4) is 0 Å². The Morgan fingerprint density at radius 2 is 0.708 bits per heavy atom. The molecule has 338 valence electrons. The van der Waals surface area contributed by atoms with Gasteiger partial charge in [0.1, 0.15) is 0 Å². The molecule has 10 aromatic carbocycles. The maximum absolute atomic E-state index is 5.14. The average molecular weight is 921 g/mol. The van der Waals surface area contributed by atoms with E-state index in [1.807, 2.05) is 18.5 Å². The fraction of sp³-hybridized carbons (Fsp3) is 0. The minimum atomic E-state index is 0.893. The van der Waals surface area contributed by atoms with E-state index in [1.54, 1.807) is 0 Å². The summed E-state index contributed by atoms with van der Waals surface area (Å²) in [5.41, 5.74) is 17.0. The van der Waals surface area contributed by atoms with Crippen molar-refractivity contribution in [3.8, 4) is 22.5 Å². The predicted molar refractivity (Wildman–Crippen MR) is 301 cm³/mol. The Morgan fingerprint density at radius 1 is 0.278 bits per heavy atom. The van der Waals surface area contributed by atoms with Crippen LogP contribution in [-0.4, -0.2) is 19.1 Å². The SMILES string of the molecule is c1ccc(N(c2ccccc2)c2ccc3c(c2)c2ccccc2n3-c2cc(-c3cnc4c(ccc5cccnc54)c3)cc(-n3c4ccccc4c4cc(N(c5ccccc5)c5ccccc5)ccc43)c2)cc1. The molecule has 0 amide bonds. The number of benzene rings is 10. The van der Waals surface area contributed by atoms with Crippen LogP contribution in [-0.2, 0) is 0 Å². The number of hydrogen-bond acceptors (Lipinski definition) is 4. The molecule has 14 rings (SSSR count). The largest absolute Gasteiger partial charge is 0.310 e. The quantitative estimate of drug-likeness (QED) is 0.135. The molecule has 0 aliphatic heterocycles. The summed E-state index contributed by atoms with van der Waals surface area (Å²) in [6, 6.07) is 91.5. The summed E-state index contributed by atoms with van der Waals surface area (Å²) < 4.78 is 4.87. The highest BCUT2D eigenvalue weighted by Gasteiger charge is 2.22. The number of aromatic nitrogens is 4. The number of hydrogen-bond donors (Lipinski definition) is 0. The summed E-state index contributed by atoms with van der Waals surface area (Å²) >= 11 is 0. The van der Waals surface area contributed by atoms with Gasteiger partial charge in [-0.1, -0.05) is 127 Å². The third-order valence-corrected chi connectivity index (χ3v) is 14.1. The first-order valence-corrected chi connectivity index (χ1v) is 24.4. The minimum Gasteiger partial charge on any atom is -0.310 e. The van der Waals surface area contributed by atoms with Crippen LogP contribution in [0.1, 0.15) is 0 Å². The lowest BCUT2D eigenvalue weighted by molar-refractivity contribution is 1.13. The summed E-state index contributed by atoms with van der Waals surface area (Å²) in [5.74, 6) is 0. The van der Waals surface area contributed by atoms with Gasteiger partial charge in [0.05, 0.1) is 33.1 Å². The van der Waals surface area contributed by atoms with E-state index in [9.17, 15) is 0 Å². The smallest absolute Gasteiger partial charge is 0.0964 e. The first kappa shape index (κ1) is 41.2. The highest BCUT2D eigenvalue weighted by molar-refractivity contribution is 6.13. The lowest BCUT2D eigenvalue weighted by atomic mass is 10.0. The Kier molecular flexibility index (Phi) is 9.74. The average Bonchev–Trinajstić information content (AvgIpc) is 3.96. The van der Waals surface area contributed by atoms with Gasteiger partial charge in [-0.2, -0.15) is 0 Å². The summed E-state index contributed by atoms with van der Waals surface area (Å²) in [7, 11) is 0. The maximum Gasteiger partial charge on any atom is 0.0964 e. The van der Waals surface area contributed by atoms with Crippen LogP contribution in [0.4, 0.5) is 34.1 Å². The molecule has 0 spiro atoms. The van der Waals surface area contributed by atoms with Crippen molar-refractivity contribution in [2.24, 2.45) is 0 Å². The molecule has 6 heteroatoms. The van der Waals surface area contributed by atoms with E-state index in [2.05, 4.69) is 268 Å². The standard InChI is InChI=1S/C66H44N6/c1-5-19-49(20-6-1)69(50-21-7-2-8-22-50)53-33-35-63-59(42-53)57-27-13-15-29-61(57)71(63)55-39-47(48-38-46-32-31-45-18-17-37-67-65(45)66(46)68-44-48)40-56(41-55)72-62-30-16-14-28-58(62)60-43-54(34-36-64(60)72)70(51-23-9-3-10-24-51)52-25-11-4-12-26-52/h1-44H. The molecule has 0 atom stereocenters. The first-order valence-electron chi connectivity index (χ1n) is 24.4. The Hall–Kier alpha value is -9.78. The molecule has 0 bridgehead atoms. The van der Waals surface area contributed by atoms with Crippen LogP contribution < -0.4 is 9.80 Å². The Labute approximate surface area is 416 Å². The van der Waals surface area contributed by atoms with Crippen LogP contribution >= 0.6 is 0 Å². The zero-order valence-corrected chi connectivity index (χ0v) is 39.1. The maximum atomic E-state index is 5.14. The molecule has 0 unspecified atom stereocenters. The lowest BCUT2D eigenvalue weighted by Crippen LogP contribution is -2.09. The van der Waals surface area contributed by atoms with Crippen LogP contribution in [0, 0.1) is 0 Å². The molecule has 0 aliphatic carbocycles. The van der Waals surface area contributed by atoms with Crippen LogP contribution in [0.2, 0.25) is 0 Å². The molecule has 0 N–H and O–H groups in total. The Bertz CT molecular complexity index is 4040. The van der Waals surface area contributed by atoms with E-state index in [-0.39, 0.29) is 0 Å². The molecule has 72 heavy (non-hydrogen) atoms. The van der Waals surface area contributed by atoms with E-state index in [4.69, 9.17) is 9.97 Å². The molecule has 0 saturated heterocycles. The molecule has 14 aromatic rings. The molecule has 0 aliphatic rings. The van der Waals surface area contributed by atoms with Crippen LogP contribution in [0.25, 0.3) is 87.9 Å². The van der Waals surface area contributed by atoms with Gasteiger partial charge < -0.3 is 18.9 Å². The Balaban J connectivity index is 1.01. The highest BCUT2D eigenvalue weighted by Crippen LogP contribution is 2.43. The number of para-hydroxylation sites is 6. The number of rotatable bonds is 9. The van der Waals surface area contributed by atoms with Crippen molar-refractivity contribution in [3.05, 3.63) is 267 Å². The summed E-state index contributed by atoms with van der Waals surface area (Å²) in [4.78, 5) is 14.6. The number of nitrogens with zero attached hydrogens (tertiary/aromatic N) is 6. The van der Waals surface area contributed by atoms with Gasteiger partial charge in [-0.05, 0) is 133 Å². The molecule has 0 saturated carbocycles. The van der Waals surface area contributed by atoms with Crippen LogP contribution in [0.15, 0.2) is 267 Å². The van der Waals surface area contributed by atoms with Crippen molar-refractivity contribution >= 4 is 99.5 Å². The monoisotopic (exact) mass is 920 g/mol. The second-order valence-electron chi connectivity index (χ2n) is 18.3. The van der Waals surface area contributed by atoms with Crippen molar-refractivity contribution in [3.63, 3.8) is 0 Å². The van der Waals surface area contributed by atoms with Crippen molar-refractivity contribution in [1.29, 1.82) is 0 Å². The fourth-order valence-electron chi connectivity index (χ4n) is 10.9. The predicted octanol–water partition coefficient (Wildman–Crippen LogP) is 17.6.